The number of likely N-dealkylation sites (N-methyl/N-ethyl adjacent to an activating group) is 1. The van der Waals surface area contributed by atoms with Crippen LogP contribution < -0.4 is 25.6 Å². The van der Waals surface area contributed by atoms with Gasteiger partial charge >= 0.3 is 5.69 Å². The maximum atomic E-state index is 14.0. The van der Waals surface area contributed by atoms with Gasteiger partial charge < -0.3 is 23.8 Å². The second-order valence-electron chi connectivity index (χ2n) is 11.8. The van der Waals surface area contributed by atoms with Gasteiger partial charge in [-0.1, -0.05) is 35.5 Å². The van der Waals surface area contributed by atoms with Gasteiger partial charge in [0.1, 0.15) is 0 Å². The van der Waals surface area contributed by atoms with Crippen molar-refractivity contribution < 1.29 is 14.3 Å². The summed E-state index contributed by atoms with van der Waals surface area (Å²) >= 11 is 1.29. The van der Waals surface area contributed by atoms with E-state index < -0.39 is 11.2 Å². The molecule has 0 spiro atoms. The van der Waals surface area contributed by atoms with Gasteiger partial charge in [0.05, 0.1) is 25.5 Å². The first-order chi connectivity index (χ1) is 21.6. The fraction of sp³-hybridized carbons (Fsp3) is 0.455. The molecule has 0 bridgehead atoms. The summed E-state index contributed by atoms with van der Waals surface area (Å²) in [5.74, 6) is 1.67. The summed E-state index contributed by atoms with van der Waals surface area (Å²) in [5.41, 5.74) is 3.96. The van der Waals surface area contributed by atoms with E-state index in [4.69, 9.17) is 14.5 Å². The van der Waals surface area contributed by atoms with Crippen LogP contribution in [-0.2, 0) is 25.4 Å². The number of imidazole rings is 1. The summed E-state index contributed by atoms with van der Waals surface area (Å²) in [6, 6.07) is 12.1. The minimum atomic E-state index is -0.457. The van der Waals surface area contributed by atoms with Gasteiger partial charge in [-0.25, -0.2) is 9.78 Å². The lowest BCUT2D eigenvalue weighted by molar-refractivity contribution is -0.116. The van der Waals surface area contributed by atoms with Crippen molar-refractivity contribution in [3.05, 3.63) is 73.9 Å². The predicted octanol–water partition coefficient (Wildman–Crippen LogP) is 3.51. The Balaban J connectivity index is 1.36. The van der Waals surface area contributed by atoms with Crippen molar-refractivity contribution in [2.75, 3.05) is 44.0 Å². The van der Waals surface area contributed by atoms with Crippen LogP contribution in [0.1, 0.15) is 42.9 Å². The molecule has 1 amide bonds. The van der Waals surface area contributed by atoms with Crippen molar-refractivity contribution >= 4 is 34.5 Å². The van der Waals surface area contributed by atoms with Crippen LogP contribution in [0.5, 0.6) is 11.5 Å². The minimum Gasteiger partial charge on any atom is -0.490 e. The van der Waals surface area contributed by atoms with Gasteiger partial charge in [-0.15, -0.1) is 0 Å². The molecule has 0 aliphatic carbocycles. The van der Waals surface area contributed by atoms with E-state index >= 15 is 0 Å². The summed E-state index contributed by atoms with van der Waals surface area (Å²) in [6.45, 7) is 9.03. The van der Waals surface area contributed by atoms with Crippen LogP contribution in [0.2, 0.25) is 0 Å². The van der Waals surface area contributed by atoms with Crippen LogP contribution in [0.3, 0.4) is 0 Å². The minimum absolute atomic E-state index is 0.00209. The van der Waals surface area contributed by atoms with E-state index in [0.717, 1.165) is 35.3 Å². The highest BCUT2D eigenvalue weighted by Gasteiger charge is 2.43. The molecule has 238 valence electrons. The molecule has 2 aliphatic heterocycles. The Morgan fingerprint density at radius 2 is 1.76 bits per heavy atom. The lowest BCUT2D eigenvalue weighted by Crippen LogP contribution is -2.47. The molecular formula is C33H40N6O5S. The standard InChI is InChI=1S/C33H40N6O5S/c1-7-43-26-12-10-21(16-27(26)44-8-2)17-38-29-30(36(5)33(42)37(6)31(29)41)34-32(38)45-19-28(40)39-24-11-9-20(3)15-22(24)23-18-35(4)14-13-25(23)39/h9-12,15-16,23,25H,7-8,13-14,17-19H2,1-6H3/t23-,25-/m1/s1. The van der Waals surface area contributed by atoms with Crippen molar-refractivity contribution in [3.63, 3.8) is 0 Å². The van der Waals surface area contributed by atoms with Crippen molar-refractivity contribution in [1.82, 2.24) is 23.6 Å². The summed E-state index contributed by atoms with van der Waals surface area (Å²) in [7, 11) is 5.21. The summed E-state index contributed by atoms with van der Waals surface area (Å²) in [4.78, 5) is 49.4. The number of likely N-dealkylation sites (tertiary alicyclic amines) is 1. The zero-order valence-corrected chi connectivity index (χ0v) is 27.5. The predicted molar refractivity (Wildman–Crippen MR) is 176 cm³/mol. The number of ether oxygens (including phenoxy) is 2. The number of amides is 1. The molecule has 0 saturated carbocycles. The lowest BCUT2D eigenvalue weighted by atomic mass is 9.89. The third kappa shape index (κ3) is 5.54. The fourth-order valence-electron chi connectivity index (χ4n) is 6.66. The molecule has 1 saturated heterocycles. The van der Waals surface area contributed by atoms with E-state index in [2.05, 4.69) is 37.1 Å². The topological polar surface area (TPSA) is 104 Å². The summed E-state index contributed by atoms with van der Waals surface area (Å²) in [6.07, 6.45) is 0.905. The molecule has 2 aliphatic rings. The van der Waals surface area contributed by atoms with Gasteiger partial charge in [-0.05, 0) is 70.1 Å². The normalized spacial score (nSPS) is 17.9. The van der Waals surface area contributed by atoms with E-state index in [-0.39, 0.29) is 35.8 Å². The molecule has 12 heteroatoms. The zero-order chi connectivity index (χ0) is 32.0. The van der Waals surface area contributed by atoms with Gasteiger partial charge in [0.15, 0.2) is 27.8 Å². The van der Waals surface area contributed by atoms with Crippen molar-refractivity contribution in [2.24, 2.45) is 14.1 Å². The summed E-state index contributed by atoms with van der Waals surface area (Å²) < 4.78 is 15.9. The smallest absolute Gasteiger partial charge is 0.332 e. The molecule has 0 radical (unpaired) electrons. The number of carbonyl (C=O) groups excluding carboxylic acids is 1. The van der Waals surface area contributed by atoms with Crippen LogP contribution in [0.4, 0.5) is 5.69 Å². The molecule has 2 aromatic carbocycles. The van der Waals surface area contributed by atoms with Gasteiger partial charge in [0.2, 0.25) is 5.91 Å². The number of hydrogen-bond acceptors (Lipinski definition) is 8. The molecule has 2 aromatic heterocycles. The number of piperidine rings is 1. The Morgan fingerprint density at radius 3 is 2.51 bits per heavy atom. The van der Waals surface area contributed by atoms with Gasteiger partial charge in [0, 0.05) is 38.3 Å². The Morgan fingerprint density at radius 1 is 1.00 bits per heavy atom. The Kier molecular flexibility index (Phi) is 8.53. The number of anilines is 1. The largest absolute Gasteiger partial charge is 0.490 e. The van der Waals surface area contributed by atoms with Crippen molar-refractivity contribution in [1.29, 1.82) is 0 Å². The molecule has 11 nitrogen and oxygen atoms in total. The van der Waals surface area contributed by atoms with Gasteiger partial charge in [-0.2, -0.15) is 0 Å². The molecule has 45 heavy (non-hydrogen) atoms. The van der Waals surface area contributed by atoms with Crippen LogP contribution >= 0.6 is 11.8 Å². The molecular weight excluding hydrogens is 592 g/mol. The number of rotatable bonds is 9. The summed E-state index contributed by atoms with van der Waals surface area (Å²) in [5, 5.41) is 0.492. The zero-order valence-electron chi connectivity index (χ0n) is 26.7. The molecule has 1 fully saturated rings. The second-order valence-corrected chi connectivity index (χ2v) is 12.8. The fourth-order valence-corrected chi connectivity index (χ4v) is 7.52. The third-order valence-corrected chi connectivity index (χ3v) is 9.77. The average molecular weight is 633 g/mol. The van der Waals surface area contributed by atoms with E-state index in [1.165, 1.54) is 34.5 Å². The molecule has 4 aromatic rings. The van der Waals surface area contributed by atoms with Crippen LogP contribution in [0.15, 0.2) is 51.1 Å². The first-order valence-corrected chi connectivity index (χ1v) is 16.4. The number of carbonyl (C=O) groups is 1. The first-order valence-electron chi connectivity index (χ1n) is 15.4. The second kappa shape index (κ2) is 12.4. The Bertz CT molecular complexity index is 1900. The van der Waals surface area contributed by atoms with Crippen LogP contribution in [-0.4, -0.2) is 74.6 Å². The Labute approximate surface area is 266 Å². The Hall–Kier alpha value is -4.03. The molecule has 0 N–H and O–H groups in total. The van der Waals surface area contributed by atoms with Crippen LogP contribution in [0, 0.1) is 6.92 Å². The monoisotopic (exact) mass is 632 g/mol. The lowest BCUT2D eigenvalue weighted by Gasteiger charge is -2.36. The third-order valence-electron chi connectivity index (χ3n) is 8.81. The molecule has 4 heterocycles. The van der Waals surface area contributed by atoms with E-state index in [9.17, 15) is 14.4 Å². The first kappa shape index (κ1) is 31.0. The number of hydrogen-bond donors (Lipinski definition) is 0. The van der Waals surface area contributed by atoms with E-state index in [0.29, 0.717) is 35.4 Å². The molecule has 0 unspecified atom stereocenters. The average Bonchev–Trinajstić information content (AvgIpc) is 3.54. The highest BCUT2D eigenvalue weighted by Crippen LogP contribution is 2.45. The number of aromatic nitrogens is 4. The molecule has 6 rings (SSSR count). The van der Waals surface area contributed by atoms with Crippen molar-refractivity contribution in [2.45, 2.75) is 50.9 Å². The SMILES string of the molecule is CCOc1ccc(Cn2c(SCC(=O)N3c4ccc(C)cc4[C@H]4CN(C)CC[C@H]43)nc3c2c(=O)n(C)c(=O)n3C)cc1OCC. The number of aryl methyl sites for hydroxylation is 2. The van der Waals surface area contributed by atoms with E-state index in [1.54, 1.807) is 11.6 Å². The van der Waals surface area contributed by atoms with Gasteiger partial charge in [0.25, 0.3) is 5.56 Å². The van der Waals surface area contributed by atoms with E-state index in [1.807, 2.05) is 36.9 Å². The number of thioether (sulfide) groups is 1. The highest BCUT2D eigenvalue weighted by molar-refractivity contribution is 7.99. The quantitative estimate of drug-likeness (QED) is 0.259. The number of benzene rings is 2. The highest BCUT2D eigenvalue weighted by atomic mass is 32.2. The molecule has 2 atom stereocenters. The number of nitrogens with zero attached hydrogens (tertiary/aromatic N) is 6. The van der Waals surface area contributed by atoms with Gasteiger partial charge in [-0.3, -0.25) is 18.7 Å². The number of fused-ring (bicyclic) bond motifs is 4. The maximum absolute atomic E-state index is 14.0. The van der Waals surface area contributed by atoms with Crippen molar-refractivity contribution in [3.8, 4) is 11.5 Å². The maximum Gasteiger partial charge on any atom is 0.332 e. The van der Waals surface area contributed by atoms with Crippen LogP contribution in [0.25, 0.3) is 11.2 Å².